The normalized spacial score (nSPS) is 10.7. The van der Waals surface area contributed by atoms with Crippen LogP contribution in [0.4, 0.5) is 0 Å². The van der Waals surface area contributed by atoms with Gasteiger partial charge in [-0.25, -0.2) is 0 Å². The first-order chi connectivity index (χ1) is 10.1. The van der Waals surface area contributed by atoms with E-state index in [1.54, 1.807) is 48.5 Å². The molecule has 1 N–H and O–H groups in total. The zero-order valence-corrected chi connectivity index (χ0v) is 11.7. The van der Waals surface area contributed by atoms with Gasteiger partial charge in [0.25, 0.3) is 5.56 Å². The standard InChI is InChI=1S/C16H12ClNO3/c17-13-7-5-11(6-8-13)10-21-18-15(19)9-12-3-1-2-4-14(12)16(18)20/h1-9,20H,10H2. The van der Waals surface area contributed by atoms with Crippen LogP contribution in [-0.4, -0.2) is 9.84 Å². The number of rotatable bonds is 3. The van der Waals surface area contributed by atoms with Gasteiger partial charge in [0.2, 0.25) is 5.88 Å². The summed E-state index contributed by atoms with van der Waals surface area (Å²) < 4.78 is 0.900. The highest BCUT2D eigenvalue weighted by molar-refractivity contribution is 6.30. The number of hydrogen-bond acceptors (Lipinski definition) is 3. The van der Waals surface area contributed by atoms with Gasteiger partial charge in [0.05, 0.1) is 0 Å². The fraction of sp³-hybridized carbons (Fsp3) is 0.0625. The quantitative estimate of drug-likeness (QED) is 0.809. The average molecular weight is 302 g/mol. The second-order valence-corrected chi connectivity index (χ2v) is 5.02. The Kier molecular flexibility index (Phi) is 3.54. The number of pyridine rings is 1. The van der Waals surface area contributed by atoms with E-state index in [1.165, 1.54) is 6.07 Å². The minimum Gasteiger partial charge on any atom is -0.492 e. The summed E-state index contributed by atoms with van der Waals surface area (Å²) in [5.74, 6) is -0.202. The van der Waals surface area contributed by atoms with Crippen molar-refractivity contribution in [2.24, 2.45) is 0 Å². The van der Waals surface area contributed by atoms with Gasteiger partial charge in [0, 0.05) is 16.5 Å². The molecule has 2 aromatic carbocycles. The molecule has 1 aromatic heterocycles. The predicted octanol–water partition coefficient (Wildman–Crippen LogP) is 2.99. The van der Waals surface area contributed by atoms with Gasteiger partial charge in [-0.05, 0) is 29.1 Å². The number of nitrogens with zero attached hydrogens (tertiary/aromatic N) is 1. The minimum absolute atomic E-state index is 0.156. The van der Waals surface area contributed by atoms with Gasteiger partial charge in [0.15, 0.2) is 0 Å². The van der Waals surface area contributed by atoms with E-state index in [0.29, 0.717) is 15.8 Å². The Balaban J connectivity index is 1.93. The highest BCUT2D eigenvalue weighted by Crippen LogP contribution is 2.21. The smallest absolute Gasteiger partial charge is 0.287 e. The van der Waals surface area contributed by atoms with Crippen molar-refractivity contribution in [2.75, 3.05) is 0 Å². The molecule has 21 heavy (non-hydrogen) atoms. The lowest BCUT2D eigenvalue weighted by Gasteiger charge is -2.12. The molecule has 0 aliphatic carbocycles. The first-order valence-corrected chi connectivity index (χ1v) is 6.74. The van der Waals surface area contributed by atoms with Gasteiger partial charge in [-0.2, -0.15) is 0 Å². The molecule has 0 atom stereocenters. The fourth-order valence-electron chi connectivity index (χ4n) is 2.08. The van der Waals surface area contributed by atoms with E-state index in [-0.39, 0.29) is 12.5 Å². The third-order valence-electron chi connectivity index (χ3n) is 3.15. The first kappa shape index (κ1) is 13.5. The molecule has 0 spiro atoms. The van der Waals surface area contributed by atoms with Crippen molar-refractivity contribution >= 4 is 22.4 Å². The van der Waals surface area contributed by atoms with E-state index < -0.39 is 5.56 Å². The fourth-order valence-corrected chi connectivity index (χ4v) is 2.20. The molecule has 0 unspecified atom stereocenters. The van der Waals surface area contributed by atoms with E-state index >= 15 is 0 Å². The Morgan fingerprint density at radius 3 is 2.57 bits per heavy atom. The van der Waals surface area contributed by atoms with Crippen LogP contribution in [0.3, 0.4) is 0 Å². The molecule has 0 aliphatic heterocycles. The molecular formula is C16H12ClNO3. The predicted molar refractivity (Wildman–Crippen MR) is 81.6 cm³/mol. The van der Waals surface area contributed by atoms with Crippen LogP contribution < -0.4 is 10.4 Å². The van der Waals surface area contributed by atoms with Crippen molar-refractivity contribution in [1.82, 2.24) is 4.73 Å². The molecule has 0 saturated heterocycles. The molecule has 0 fully saturated rings. The van der Waals surface area contributed by atoms with Gasteiger partial charge < -0.3 is 9.94 Å². The number of hydrogen-bond donors (Lipinski definition) is 1. The topological polar surface area (TPSA) is 51.5 Å². The molecule has 0 aliphatic rings. The molecular weight excluding hydrogens is 290 g/mol. The van der Waals surface area contributed by atoms with Crippen LogP contribution in [0, 0.1) is 0 Å². The highest BCUT2D eigenvalue weighted by atomic mass is 35.5. The van der Waals surface area contributed by atoms with Crippen LogP contribution in [0.2, 0.25) is 5.02 Å². The highest BCUT2D eigenvalue weighted by Gasteiger charge is 2.09. The number of benzene rings is 2. The minimum atomic E-state index is -0.417. The first-order valence-electron chi connectivity index (χ1n) is 6.36. The third-order valence-corrected chi connectivity index (χ3v) is 3.40. The van der Waals surface area contributed by atoms with Crippen molar-refractivity contribution in [3.8, 4) is 5.88 Å². The zero-order valence-electron chi connectivity index (χ0n) is 11.0. The molecule has 0 bridgehead atoms. The van der Waals surface area contributed by atoms with E-state index in [9.17, 15) is 9.90 Å². The Bertz CT molecular complexity index is 840. The van der Waals surface area contributed by atoms with E-state index in [4.69, 9.17) is 16.4 Å². The van der Waals surface area contributed by atoms with Crippen molar-refractivity contribution in [2.45, 2.75) is 6.61 Å². The van der Waals surface area contributed by atoms with Crippen molar-refractivity contribution in [3.63, 3.8) is 0 Å². The van der Waals surface area contributed by atoms with Crippen LogP contribution >= 0.6 is 11.6 Å². The summed E-state index contributed by atoms with van der Waals surface area (Å²) in [5.41, 5.74) is 0.430. The van der Waals surface area contributed by atoms with Crippen LogP contribution in [0.5, 0.6) is 5.88 Å². The lowest BCUT2D eigenvalue weighted by molar-refractivity contribution is 0.0726. The summed E-state index contributed by atoms with van der Waals surface area (Å²) in [5, 5.41) is 12.0. The number of halogens is 1. The maximum Gasteiger partial charge on any atom is 0.287 e. The average Bonchev–Trinajstić information content (AvgIpc) is 2.49. The maximum atomic E-state index is 12.0. The lowest BCUT2D eigenvalue weighted by Crippen LogP contribution is -2.26. The molecule has 1 heterocycles. The molecule has 0 saturated carbocycles. The van der Waals surface area contributed by atoms with Crippen molar-refractivity contribution in [1.29, 1.82) is 0 Å². The Hall–Kier alpha value is -2.46. The van der Waals surface area contributed by atoms with Gasteiger partial charge in [-0.3, -0.25) is 4.79 Å². The number of aromatic nitrogens is 1. The second kappa shape index (κ2) is 5.50. The van der Waals surface area contributed by atoms with Gasteiger partial charge >= 0.3 is 0 Å². The van der Waals surface area contributed by atoms with Crippen molar-refractivity contribution < 1.29 is 9.94 Å². The monoisotopic (exact) mass is 301 g/mol. The van der Waals surface area contributed by atoms with Gasteiger partial charge in [-0.1, -0.05) is 41.9 Å². The third kappa shape index (κ3) is 2.71. The van der Waals surface area contributed by atoms with Crippen LogP contribution in [0.15, 0.2) is 59.4 Å². The summed E-state index contributed by atoms with van der Waals surface area (Å²) in [6.07, 6.45) is 0. The lowest BCUT2D eigenvalue weighted by atomic mass is 10.2. The summed E-state index contributed by atoms with van der Waals surface area (Å²) >= 11 is 5.81. The Morgan fingerprint density at radius 2 is 1.81 bits per heavy atom. The van der Waals surface area contributed by atoms with Crippen LogP contribution in [-0.2, 0) is 6.61 Å². The Labute approximate surface area is 125 Å². The Morgan fingerprint density at radius 1 is 1.10 bits per heavy atom. The van der Waals surface area contributed by atoms with Gasteiger partial charge in [-0.15, -0.1) is 4.73 Å². The molecule has 3 rings (SSSR count). The zero-order chi connectivity index (χ0) is 14.8. The molecule has 5 heteroatoms. The summed E-state index contributed by atoms with van der Waals surface area (Å²) in [7, 11) is 0. The molecule has 4 nitrogen and oxygen atoms in total. The summed E-state index contributed by atoms with van der Waals surface area (Å²) in [4.78, 5) is 17.4. The van der Waals surface area contributed by atoms with Crippen LogP contribution in [0.1, 0.15) is 5.56 Å². The van der Waals surface area contributed by atoms with Gasteiger partial charge in [0.1, 0.15) is 6.61 Å². The SMILES string of the molecule is O=c1cc2ccccc2c(O)n1OCc1ccc(Cl)cc1. The molecule has 106 valence electrons. The van der Waals surface area contributed by atoms with E-state index in [1.807, 2.05) is 0 Å². The summed E-state index contributed by atoms with van der Waals surface area (Å²) in [6, 6.07) is 15.6. The number of aromatic hydroxyl groups is 1. The van der Waals surface area contributed by atoms with Crippen LogP contribution in [0.25, 0.3) is 10.8 Å². The molecule has 3 aromatic rings. The molecule has 0 amide bonds. The van der Waals surface area contributed by atoms with Crippen molar-refractivity contribution in [3.05, 3.63) is 75.5 Å². The molecule has 0 radical (unpaired) electrons. The van der Waals surface area contributed by atoms with E-state index in [2.05, 4.69) is 0 Å². The second-order valence-electron chi connectivity index (χ2n) is 4.59. The summed E-state index contributed by atoms with van der Waals surface area (Å²) in [6.45, 7) is 0.156. The van der Waals surface area contributed by atoms with E-state index in [0.717, 1.165) is 10.3 Å². The number of fused-ring (bicyclic) bond motifs is 1. The maximum absolute atomic E-state index is 12.0. The largest absolute Gasteiger partial charge is 0.492 e.